The van der Waals surface area contributed by atoms with Gasteiger partial charge in [-0.15, -0.1) is 0 Å². The number of benzene rings is 1. The molecule has 1 amide bonds. The van der Waals surface area contributed by atoms with Crippen molar-refractivity contribution in [1.82, 2.24) is 9.88 Å². The molecule has 0 saturated heterocycles. The minimum absolute atomic E-state index is 0.0286. The third-order valence-corrected chi connectivity index (χ3v) is 5.17. The van der Waals surface area contributed by atoms with Gasteiger partial charge in [0.05, 0.1) is 13.2 Å². The lowest BCUT2D eigenvalue weighted by atomic mass is 9.98. The Morgan fingerprint density at radius 1 is 1.07 bits per heavy atom. The van der Waals surface area contributed by atoms with Crippen molar-refractivity contribution in [1.29, 1.82) is 0 Å². The Hall–Kier alpha value is -2.76. The van der Waals surface area contributed by atoms with E-state index in [1.165, 1.54) is 12.5 Å². The Bertz CT molecular complexity index is 914. The lowest BCUT2D eigenvalue weighted by molar-refractivity contribution is 0.0728. The van der Waals surface area contributed by atoms with Gasteiger partial charge < -0.3 is 19.4 Å². The van der Waals surface area contributed by atoms with Crippen LogP contribution in [0.15, 0.2) is 12.1 Å². The zero-order valence-electron chi connectivity index (χ0n) is 17.3. The Labute approximate surface area is 165 Å². The summed E-state index contributed by atoms with van der Waals surface area (Å²) >= 11 is 0. The second-order valence-electron chi connectivity index (χ2n) is 7.09. The van der Waals surface area contributed by atoms with Crippen LogP contribution in [0, 0.1) is 13.8 Å². The largest absolute Gasteiger partial charge is 0.490 e. The number of rotatable bonds is 6. The van der Waals surface area contributed by atoms with Crippen LogP contribution in [0.3, 0.4) is 0 Å². The molecule has 0 fully saturated rings. The number of ketones is 1. The topological polar surface area (TPSA) is 71.6 Å². The highest BCUT2D eigenvalue weighted by Gasteiger charge is 2.27. The van der Waals surface area contributed by atoms with E-state index in [-0.39, 0.29) is 11.7 Å². The van der Waals surface area contributed by atoms with Crippen molar-refractivity contribution in [2.75, 3.05) is 19.8 Å². The molecule has 1 aliphatic heterocycles. The smallest absolute Gasteiger partial charge is 0.270 e. The van der Waals surface area contributed by atoms with Crippen LogP contribution in [-0.2, 0) is 13.0 Å². The number of carbonyl (C=O) groups excluding carboxylic acids is 2. The van der Waals surface area contributed by atoms with E-state index in [1.54, 1.807) is 0 Å². The number of carbonyl (C=O) groups is 2. The van der Waals surface area contributed by atoms with Crippen LogP contribution in [0.25, 0.3) is 0 Å². The van der Waals surface area contributed by atoms with Crippen molar-refractivity contribution in [2.24, 2.45) is 0 Å². The van der Waals surface area contributed by atoms with Crippen LogP contribution in [0.2, 0.25) is 0 Å². The minimum Gasteiger partial charge on any atom is -0.490 e. The van der Waals surface area contributed by atoms with Crippen molar-refractivity contribution in [3.8, 4) is 11.5 Å². The third kappa shape index (κ3) is 3.63. The number of Topliss-reactive ketones (excluding diaryl/α,β-unsaturated/α-hetero) is 1. The van der Waals surface area contributed by atoms with Gasteiger partial charge in [0.15, 0.2) is 17.3 Å². The second kappa shape index (κ2) is 8.09. The molecule has 1 aromatic carbocycles. The number of aromatic nitrogens is 1. The van der Waals surface area contributed by atoms with E-state index < -0.39 is 0 Å². The minimum atomic E-state index is -0.0782. The monoisotopic (exact) mass is 384 g/mol. The number of nitrogens with one attached hydrogen (secondary N) is 1. The number of hydrogen-bond acceptors (Lipinski definition) is 4. The number of H-pyrrole nitrogens is 1. The quantitative estimate of drug-likeness (QED) is 0.769. The number of aromatic amines is 1. The van der Waals surface area contributed by atoms with Crippen molar-refractivity contribution in [3.63, 3.8) is 0 Å². The Morgan fingerprint density at radius 2 is 1.68 bits per heavy atom. The molecule has 6 nitrogen and oxygen atoms in total. The fourth-order valence-corrected chi connectivity index (χ4v) is 3.92. The van der Waals surface area contributed by atoms with Crippen LogP contribution in [0.1, 0.15) is 64.0 Å². The van der Waals surface area contributed by atoms with Gasteiger partial charge in [0.25, 0.3) is 5.91 Å². The van der Waals surface area contributed by atoms with Crippen LogP contribution in [0.5, 0.6) is 11.5 Å². The average Bonchev–Trinajstić information content (AvgIpc) is 2.96. The first-order valence-electron chi connectivity index (χ1n) is 9.78. The van der Waals surface area contributed by atoms with E-state index in [2.05, 4.69) is 4.98 Å². The zero-order chi connectivity index (χ0) is 20.4. The standard InChI is InChI=1S/C22H28N2O4/c1-6-27-18-10-16-8-9-24(12-17(16)11-19(18)28-7-2)22(26)21-13(3)20(15(5)25)14(4)23-21/h10-11,23H,6-9,12H2,1-5H3. The summed E-state index contributed by atoms with van der Waals surface area (Å²) in [4.78, 5) is 29.9. The predicted octanol–water partition coefficient (Wildman–Crippen LogP) is 3.83. The normalized spacial score (nSPS) is 13.2. The second-order valence-corrected chi connectivity index (χ2v) is 7.09. The summed E-state index contributed by atoms with van der Waals surface area (Å²) in [5.41, 5.74) is 4.83. The summed E-state index contributed by atoms with van der Waals surface area (Å²) in [5.74, 6) is 1.36. The zero-order valence-corrected chi connectivity index (χ0v) is 17.3. The van der Waals surface area contributed by atoms with Gasteiger partial charge in [-0.1, -0.05) is 0 Å². The number of ether oxygens (including phenoxy) is 2. The van der Waals surface area contributed by atoms with Gasteiger partial charge in [-0.25, -0.2) is 0 Å². The van der Waals surface area contributed by atoms with Gasteiger partial charge in [-0.05, 0) is 69.9 Å². The van der Waals surface area contributed by atoms with Gasteiger partial charge >= 0.3 is 0 Å². The fourth-order valence-electron chi connectivity index (χ4n) is 3.92. The third-order valence-electron chi connectivity index (χ3n) is 5.17. The summed E-state index contributed by atoms with van der Waals surface area (Å²) < 4.78 is 11.4. The molecule has 0 atom stereocenters. The molecule has 1 aromatic heterocycles. The predicted molar refractivity (Wildman–Crippen MR) is 107 cm³/mol. The number of aryl methyl sites for hydroxylation is 1. The number of fused-ring (bicyclic) bond motifs is 1. The lowest BCUT2D eigenvalue weighted by Gasteiger charge is -2.29. The average molecular weight is 384 g/mol. The molecule has 2 aromatic rings. The molecule has 28 heavy (non-hydrogen) atoms. The number of hydrogen-bond donors (Lipinski definition) is 1. The van der Waals surface area contributed by atoms with E-state index in [1.807, 2.05) is 44.7 Å². The summed E-state index contributed by atoms with van der Waals surface area (Å²) in [6, 6.07) is 4.01. The van der Waals surface area contributed by atoms with E-state index in [4.69, 9.17) is 9.47 Å². The molecule has 3 rings (SSSR count). The van der Waals surface area contributed by atoms with Gasteiger partial charge in [0, 0.05) is 24.3 Å². The van der Waals surface area contributed by atoms with E-state index >= 15 is 0 Å². The molecule has 150 valence electrons. The molecule has 1 aliphatic rings. The number of amides is 1. The maximum atomic E-state index is 13.1. The number of nitrogens with zero attached hydrogens (tertiary/aromatic N) is 1. The molecule has 0 aliphatic carbocycles. The fraction of sp³-hybridized carbons (Fsp3) is 0.455. The SMILES string of the molecule is CCOc1cc2c(cc1OCC)CN(C(=O)c1[nH]c(C)c(C(C)=O)c1C)CC2. The first kappa shape index (κ1) is 20.0. The summed E-state index contributed by atoms with van der Waals surface area (Å²) in [6.07, 6.45) is 0.756. The molecule has 6 heteroatoms. The summed E-state index contributed by atoms with van der Waals surface area (Å²) in [6.45, 7) is 11.3. The Morgan fingerprint density at radius 3 is 2.21 bits per heavy atom. The molecule has 0 spiro atoms. The maximum Gasteiger partial charge on any atom is 0.270 e. The first-order valence-corrected chi connectivity index (χ1v) is 9.78. The molecule has 1 N–H and O–H groups in total. The van der Waals surface area contributed by atoms with Gasteiger partial charge in [0.1, 0.15) is 5.69 Å². The van der Waals surface area contributed by atoms with Crippen molar-refractivity contribution >= 4 is 11.7 Å². The molecule has 0 bridgehead atoms. The molecular formula is C22H28N2O4. The highest BCUT2D eigenvalue weighted by molar-refractivity contribution is 6.02. The van der Waals surface area contributed by atoms with Gasteiger partial charge in [-0.3, -0.25) is 9.59 Å². The highest BCUT2D eigenvalue weighted by atomic mass is 16.5. The van der Waals surface area contributed by atoms with Gasteiger partial charge in [0.2, 0.25) is 0 Å². The van der Waals surface area contributed by atoms with Crippen molar-refractivity contribution < 1.29 is 19.1 Å². The molecule has 0 saturated carbocycles. The van der Waals surface area contributed by atoms with E-state index in [9.17, 15) is 9.59 Å². The Kier molecular flexibility index (Phi) is 5.77. The molecule has 0 unspecified atom stereocenters. The van der Waals surface area contributed by atoms with Crippen LogP contribution < -0.4 is 9.47 Å². The van der Waals surface area contributed by atoms with Crippen LogP contribution >= 0.6 is 0 Å². The van der Waals surface area contributed by atoms with E-state index in [0.29, 0.717) is 43.3 Å². The molecular weight excluding hydrogens is 356 g/mol. The van der Waals surface area contributed by atoms with Crippen molar-refractivity contribution in [2.45, 2.75) is 47.6 Å². The first-order chi connectivity index (χ1) is 13.4. The lowest BCUT2D eigenvalue weighted by Crippen LogP contribution is -2.36. The van der Waals surface area contributed by atoms with Crippen LogP contribution in [-0.4, -0.2) is 41.3 Å². The molecule has 2 heterocycles. The highest BCUT2D eigenvalue weighted by Crippen LogP contribution is 2.34. The van der Waals surface area contributed by atoms with E-state index in [0.717, 1.165) is 29.0 Å². The summed E-state index contributed by atoms with van der Waals surface area (Å²) in [7, 11) is 0. The maximum absolute atomic E-state index is 13.1. The Balaban J connectivity index is 1.89. The van der Waals surface area contributed by atoms with Crippen LogP contribution in [0.4, 0.5) is 0 Å². The molecule has 0 radical (unpaired) electrons. The van der Waals surface area contributed by atoms with Gasteiger partial charge in [-0.2, -0.15) is 0 Å². The summed E-state index contributed by atoms with van der Waals surface area (Å²) in [5, 5.41) is 0. The van der Waals surface area contributed by atoms with Crippen molar-refractivity contribution in [3.05, 3.63) is 45.8 Å².